The van der Waals surface area contributed by atoms with Gasteiger partial charge in [0.1, 0.15) is 0 Å². The van der Waals surface area contributed by atoms with Crippen LogP contribution < -0.4 is 0 Å². The molecule has 6 aromatic carbocycles. The molecule has 1 heteroatoms. The van der Waals surface area contributed by atoms with Crippen LogP contribution in [0.1, 0.15) is 11.1 Å². The van der Waals surface area contributed by atoms with E-state index in [1.54, 1.807) is 0 Å². The van der Waals surface area contributed by atoms with Gasteiger partial charge in [0.15, 0.2) is 0 Å². The standard InChI is InChI=1S/2C14H11.Mg/c2*1-10-5-4-8-13-12-7-3-2-6-11(12)9-14(10)13;/h2*2-9H,1H3;/q2*-1;+2. The van der Waals surface area contributed by atoms with Crippen molar-refractivity contribution in [3.05, 3.63) is 108 Å². The molecule has 0 fully saturated rings. The first-order chi connectivity index (χ1) is 13.7. The maximum atomic E-state index is 2.28. The molecule has 0 atom stereocenters. The van der Waals surface area contributed by atoms with Crippen LogP contribution in [0.3, 0.4) is 0 Å². The molecule has 0 bridgehead atoms. The predicted octanol–water partition coefficient (Wildman–Crippen LogP) is 7.66. The molecule has 0 spiro atoms. The molecule has 0 aromatic heterocycles. The van der Waals surface area contributed by atoms with Crippen LogP contribution >= 0.6 is 0 Å². The van der Waals surface area contributed by atoms with E-state index < -0.39 is 0 Å². The fourth-order valence-corrected chi connectivity index (χ4v) is 4.26. The Labute approximate surface area is 187 Å². The van der Waals surface area contributed by atoms with Crippen LogP contribution in [0.4, 0.5) is 0 Å². The van der Waals surface area contributed by atoms with Crippen molar-refractivity contribution in [3.63, 3.8) is 0 Å². The summed E-state index contributed by atoms with van der Waals surface area (Å²) in [6.45, 7) is 4.34. The zero-order valence-electron chi connectivity index (χ0n) is 16.9. The molecule has 0 N–H and O–H groups in total. The maximum absolute atomic E-state index is 2.28. The average Bonchev–Trinajstić information content (AvgIpc) is 3.29. The minimum atomic E-state index is 0. The molecular weight excluding hydrogens is 361 g/mol. The SMILES string of the molecule is Cc1cccc2c1[cH-]c1ccccc12.Cc1cccc2c1[cH-]c1ccccc12.[Mg+2]. The van der Waals surface area contributed by atoms with Gasteiger partial charge < -0.3 is 0 Å². The topological polar surface area (TPSA) is 0 Å². The van der Waals surface area contributed by atoms with Crippen LogP contribution in [0.2, 0.25) is 0 Å². The summed E-state index contributed by atoms with van der Waals surface area (Å²) >= 11 is 0. The van der Waals surface area contributed by atoms with Crippen LogP contribution in [-0.2, 0) is 0 Å². The van der Waals surface area contributed by atoms with Crippen LogP contribution in [0, 0.1) is 13.8 Å². The second-order valence-electron chi connectivity index (χ2n) is 7.54. The van der Waals surface area contributed by atoms with Gasteiger partial charge in [-0.15, -0.1) is 78.5 Å². The van der Waals surface area contributed by atoms with Crippen molar-refractivity contribution in [1.29, 1.82) is 0 Å². The van der Waals surface area contributed by atoms with Crippen LogP contribution in [0.15, 0.2) is 97.1 Å². The number of fused-ring (bicyclic) bond motifs is 6. The first-order valence-electron chi connectivity index (χ1n) is 9.80. The van der Waals surface area contributed by atoms with Crippen molar-refractivity contribution in [3.8, 4) is 0 Å². The molecule has 0 unspecified atom stereocenters. The van der Waals surface area contributed by atoms with Gasteiger partial charge in [0.2, 0.25) is 0 Å². The van der Waals surface area contributed by atoms with Gasteiger partial charge in [-0.2, -0.15) is 0 Å². The van der Waals surface area contributed by atoms with Crippen molar-refractivity contribution in [2.75, 3.05) is 0 Å². The normalized spacial score (nSPS) is 10.8. The monoisotopic (exact) mass is 382 g/mol. The molecule has 6 rings (SSSR count). The molecular formula is C28H22Mg. The molecule has 0 aliphatic rings. The third-order valence-electron chi connectivity index (χ3n) is 5.75. The van der Waals surface area contributed by atoms with E-state index in [0.29, 0.717) is 0 Å². The van der Waals surface area contributed by atoms with E-state index in [1.807, 2.05) is 0 Å². The molecule has 0 saturated heterocycles. The second kappa shape index (κ2) is 8.02. The van der Waals surface area contributed by atoms with Crippen LogP contribution in [0.25, 0.3) is 43.1 Å². The number of benzene rings is 4. The van der Waals surface area contributed by atoms with Crippen molar-refractivity contribution >= 4 is 66.1 Å². The summed E-state index contributed by atoms with van der Waals surface area (Å²) in [5.74, 6) is 0. The van der Waals surface area contributed by atoms with Crippen molar-refractivity contribution in [2.24, 2.45) is 0 Å². The van der Waals surface area contributed by atoms with Crippen molar-refractivity contribution < 1.29 is 0 Å². The Bertz CT molecular complexity index is 1320. The smallest absolute Gasteiger partial charge is 0.126 e. The summed E-state index contributed by atoms with van der Waals surface area (Å²) in [4.78, 5) is 0. The van der Waals surface area contributed by atoms with Gasteiger partial charge in [-0.05, 0) is 0 Å². The van der Waals surface area contributed by atoms with Gasteiger partial charge in [0.25, 0.3) is 0 Å². The summed E-state index contributed by atoms with van der Waals surface area (Å²) in [5.41, 5.74) is 2.72. The first-order valence-corrected chi connectivity index (χ1v) is 9.80. The summed E-state index contributed by atoms with van der Waals surface area (Å²) < 4.78 is 0. The first kappa shape index (κ1) is 19.7. The molecule has 0 nitrogen and oxygen atoms in total. The number of aryl methyl sites for hydroxylation is 2. The van der Waals surface area contributed by atoms with E-state index >= 15 is 0 Å². The van der Waals surface area contributed by atoms with E-state index in [2.05, 4.69) is 111 Å². The Hall–Kier alpha value is -2.61. The Morgan fingerprint density at radius 3 is 1.28 bits per heavy atom. The van der Waals surface area contributed by atoms with Gasteiger partial charge in [0, 0.05) is 0 Å². The summed E-state index contributed by atoms with van der Waals surface area (Å²) in [7, 11) is 0. The molecule has 0 heterocycles. The summed E-state index contributed by atoms with van der Waals surface area (Å²) in [6, 6.07) is 34.7. The van der Waals surface area contributed by atoms with E-state index in [1.165, 1.54) is 54.2 Å². The molecule has 0 saturated carbocycles. The molecule has 0 aliphatic carbocycles. The van der Waals surface area contributed by atoms with Gasteiger partial charge in [0.05, 0.1) is 0 Å². The second-order valence-corrected chi connectivity index (χ2v) is 7.54. The fraction of sp³-hybridized carbons (Fsp3) is 0.0714. The van der Waals surface area contributed by atoms with Gasteiger partial charge >= 0.3 is 23.1 Å². The molecule has 136 valence electrons. The number of hydrogen-bond donors (Lipinski definition) is 0. The molecule has 0 aliphatic heterocycles. The number of hydrogen-bond acceptors (Lipinski definition) is 0. The summed E-state index contributed by atoms with van der Waals surface area (Å²) in [5, 5.41) is 10.9. The molecule has 0 radical (unpaired) electrons. The van der Waals surface area contributed by atoms with Crippen molar-refractivity contribution in [1.82, 2.24) is 0 Å². The van der Waals surface area contributed by atoms with E-state index in [9.17, 15) is 0 Å². The zero-order chi connectivity index (χ0) is 19.1. The Balaban J connectivity index is 0.000000137. The minimum absolute atomic E-state index is 0. The number of rotatable bonds is 0. The fourth-order valence-electron chi connectivity index (χ4n) is 4.26. The quantitative estimate of drug-likeness (QED) is 0.187. The Kier molecular flexibility index (Phi) is 5.45. The molecule has 0 amide bonds. The van der Waals surface area contributed by atoms with Crippen LogP contribution in [0.5, 0.6) is 0 Å². The predicted molar refractivity (Wildman–Crippen MR) is 129 cm³/mol. The third kappa shape index (κ3) is 3.46. The Morgan fingerprint density at radius 1 is 0.448 bits per heavy atom. The average molecular weight is 383 g/mol. The van der Waals surface area contributed by atoms with E-state index in [0.717, 1.165) is 0 Å². The zero-order valence-corrected chi connectivity index (χ0v) is 18.4. The third-order valence-corrected chi connectivity index (χ3v) is 5.75. The van der Waals surface area contributed by atoms with E-state index in [4.69, 9.17) is 0 Å². The Morgan fingerprint density at radius 2 is 0.828 bits per heavy atom. The van der Waals surface area contributed by atoms with Gasteiger partial charge in [-0.1, -0.05) is 86.6 Å². The van der Waals surface area contributed by atoms with Gasteiger partial charge in [-0.25, -0.2) is 0 Å². The summed E-state index contributed by atoms with van der Waals surface area (Å²) in [6.07, 6.45) is 0. The van der Waals surface area contributed by atoms with Crippen LogP contribution in [-0.4, -0.2) is 23.1 Å². The molecule has 6 aromatic rings. The van der Waals surface area contributed by atoms with E-state index in [-0.39, 0.29) is 23.1 Å². The van der Waals surface area contributed by atoms with Crippen molar-refractivity contribution in [2.45, 2.75) is 13.8 Å². The maximum Gasteiger partial charge on any atom is 2.00 e. The minimum Gasteiger partial charge on any atom is -0.126 e. The van der Waals surface area contributed by atoms with Gasteiger partial charge in [-0.3, -0.25) is 0 Å². The molecule has 29 heavy (non-hydrogen) atoms. The largest absolute Gasteiger partial charge is 2.00 e.